The van der Waals surface area contributed by atoms with Gasteiger partial charge in [0.2, 0.25) is 5.88 Å². The largest absolute Gasteiger partial charge is 0.486 e. The van der Waals surface area contributed by atoms with Gasteiger partial charge in [-0.3, -0.25) is 4.68 Å². The lowest BCUT2D eigenvalue weighted by atomic mass is 10.1. The Labute approximate surface area is 195 Å². The molecule has 4 aromatic rings. The number of esters is 1. The minimum atomic E-state index is -0.604. The third kappa shape index (κ3) is 4.90. The molecule has 33 heavy (non-hydrogen) atoms. The van der Waals surface area contributed by atoms with E-state index < -0.39 is 11.6 Å². The zero-order valence-corrected chi connectivity index (χ0v) is 19.4. The van der Waals surface area contributed by atoms with Gasteiger partial charge in [-0.05, 0) is 45.0 Å². The maximum atomic E-state index is 11.9. The highest BCUT2D eigenvalue weighted by Crippen LogP contribution is 2.27. The van der Waals surface area contributed by atoms with Crippen LogP contribution < -0.4 is 9.47 Å². The lowest BCUT2D eigenvalue weighted by Crippen LogP contribution is -2.34. The lowest BCUT2D eigenvalue weighted by Gasteiger charge is -2.26. The minimum absolute atomic E-state index is 0.242. The van der Waals surface area contributed by atoms with Crippen LogP contribution in [0.2, 0.25) is 5.02 Å². The highest BCUT2D eigenvalue weighted by atomic mass is 35.5. The zero-order valence-electron chi connectivity index (χ0n) is 18.6. The van der Waals surface area contributed by atoms with Gasteiger partial charge in [-0.1, -0.05) is 11.6 Å². The van der Waals surface area contributed by atoms with Gasteiger partial charge in [-0.25, -0.2) is 14.5 Å². The second-order valence-corrected chi connectivity index (χ2v) is 8.22. The monoisotopic (exact) mass is 470 g/mol. The number of carbonyl (C=O) groups is 1. The molecule has 0 amide bonds. The van der Waals surface area contributed by atoms with E-state index in [0.717, 1.165) is 0 Å². The van der Waals surface area contributed by atoms with Crippen molar-refractivity contribution in [2.24, 2.45) is 0 Å². The number of hydrogen-bond donors (Lipinski definition) is 0. The number of halogens is 1. The Morgan fingerprint density at radius 2 is 1.88 bits per heavy atom. The van der Waals surface area contributed by atoms with Gasteiger partial charge < -0.3 is 14.2 Å². The van der Waals surface area contributed by atoms with Crippen molar-refractivity contribution in [3.8, 4) is 17.6 Å². The van der Waals surface area contributed by atoms with Crippen LogP contribution in [-0.4, -0.2) is 54.8 Å². The van der Waals surface area contributed by atoms with E-state index >= 15 is 0 Å². The fourth-order valence-corrected chi connectivity index (χ4v) is 3.41. The number of fused-ring (bicyclic) bond motifs is 1. The molecule has 10 nitrogen and oxygen atoms in total. The van der Waals surface area contributed by atoms with Crippen molar-refractivity contribution in [2.45, 2.75) is 32.9 Å². The summed E-state index contributed by atoms with van der Waals surface area (Å²) in [5, 5.41) is 9.28. The van der Waals surface area contributed by atoms with Crippen LogP contribution in [0.3, 0.4) is 0 Å². The second kappa shape index (κ2) is 9.07. The average Bonchev–Trinajstić information content (AvgIpc) is 3.42. The molecule has 3 aromatic heterocycles. The fourth-order valence-electron chi connectivity index (χ4n) is 3.29. The first kappa shape index (κ1) is 22.5. The molecule has 0 unspecified atom stereocenters. The molecule has 0 aliphatic heterocycles. The van der Waals surface area contributed by atoms with Gasteiger partial charge >= 0.3 is 5.97 Å². The Kier molecular flexibility index (Phi) is 6.19. The molecule has 1 aromatic carbocycles. The average molecular weight is 471 g/mol. The molecule has 0 aliphatic rings. The molecular weight excluding hydrogens is 448 g/mol. The van der Waals surface area contributed by atoms with Crippen molar-refractivity contribution in [3.05, 3.63) is 53.4 Å². The van der Waals surface area contributed by atoms with Gasteiger partial charge in [0, 0.05) is 11.2 Å². The normalized spacial score (nSPS) is 11.5. The Morgan fingerprint density at radius 1 is 1.12 bits per heavy atom. The van der Waals surface area contributed by atoms with Crippen molar-refractivity contribution in [1.29, 1.82) is 0 Å². The standard InChI is InChI=1S/C22H23ClN6O4/c1-5-32-20(30)14-10-24-28(12-14)21-26-17-11-25-29(18(17)19(27-21)31-4)13-22(2,3)33-16-8-6-15(23)7-9-16/h6-12H,5,13H2,1-4H3. The van der Waals surface area contributed by atoms with E-state index in [1.807, 2.05) is 26.0 Å². The number of benzene rings is 1. The van der Waals surface area contributed by atoms with Gasteiger partial charge in [-0.2, -0.15) is 15.2 Å². The van der Waals surface area contributed by atoms with Crippen LogP contribution in [0.1, 0.15) is 31.1 Å². The zero-order chi connectivity index (χ0) is 23.6. The first-order valence-electron chi connectivity index (χ1n) is 10.2. The number of rotatable bonds is 8. The summed E-state index contributed by atoms with van der Waals surface area (Å²) in [5.41, 5.74) is 0.878. The van der Waals surface area contributed by atoms with Crippen LogP contribution >= 0.6 is 11.6 Å². The third-order valence-corrected chi connectivity index (χ3v) is 4.93. The molecule has 11 heteroatoms. The van der Waals surface area contributed by atoms with Crippen LogP contribution in [0.25, 0.3) is 17.0 Å². The summed E-state index contributed by atoms with van der Waals surface area (Å²) in [6.45, 7) is 6.34. The van der Waals surface area contributed by atoms with Crippen molar-refractivity contribution in [1.82, 2.24) is 29.5 Å². The second-order valence-electron chi connectivity index (χ2n) is 7.78. The molecule has 0 fully saturated rings. The van der Waals surface area contributed by atoms with Crippen LogP contribution in [0.15, 0.2) is 42.9 Å². The van der Waals surface area contributed by atoms with Crippen molar-refractivity contribution >= 4 is 28.6 Å². The van der Waals surface area contributed by atoms with E-state index in [1.165, 1.54) is 24.2 Å². The molecule has 0 saturated heterocycles. The highest BCUT2D eigenvalue weighted by molar-refractivity contribution is 6.30. The molecule has 0 radical (unpaired) electrons. The van der Waals surface area contributed by atoms with E-state index in [4.69, 9.17) is 25.8 Å². The number of hydrogen-bond acceptors (Lipinski definition) is 8. The van der Waals surface area contributed by atoms with E-state index in [-0.39, 0.29) is 12.6 Å². The third-order valence-electron chi connectivity index (χ3n) is 4.68. The molecular formula is C22H23ClN6O4. The van der Waals surface area contributed by atoms with Gasteiger partial charge in [0.05, 0.1) is 38.2 Å². The molecule has 0 aliphatic carbocycles. The van der Waals surface area contributed by atoms with E-state index in [1.54, 1.807) is 29.9 Å². The smallest absolute Gasteiger partial charge is 0.341 e. The predicted molar refractivity (Wildman–Crippen MR) is 121 cm³/mol. The molecule has 0 saturated carbocycles. The summed E-state index contributed by atoms with van der Waals surface area (Å²) >= 11 is 5.96. The summed E-state index contributed by atoms with van der Waals surface area (Å²) in [5.74, 6) is 0.795. The molecule has 4 rings (SSSR count). The Morgan fingerprint density at radius 3 is 2.58 bits per heavy atom. The van der Waals surface area contributed by atoms with Crippen LogP contribution in [0, 0.1) is 0 Å². The molecule has 0 spiro atoms. The summed E-state index contributed by atoms with van der Waals surface area (Å²) in [6.07, 6.45) is 4.53. The Balaban J connectivity index is 1.63. The number of methoxy groups -OCH3 is 1. The summed E-state index contributed by atoms with van der Waals surface area (Å²) in [7, 11) is 1.52. The van der Waals surface area contributed by atoms with Gasteiger partial charge in [0.25, 0.3) is 5.95 Å². The fraction of sp³-hybridized carbons (Fsp3) is 0.318. The summed E-state index contributed by atoms with van der Waals surface area (Å²) < 4.78 is 19.8. The summed E-state index contributed by atoms with van der Waals surface area (Å²) in [6, 6.07) is 7.18. The first-order valence-corrected chi connectivity index (χ1v) is 10.6. The van der Waals surface area contributed by atoms with Crippen LogP contribution in [0.5, 0.6) is 11.6 Å². The topological polar surface area (TPSA) is 106 Å². The quantitative estimate of drug-likeness (QED) is 0.359. The van der Waals surface area contributed by atoms with Crippen LogP contribution in [0.4, 0.5) is 0 Å². The molecule has 0 bridgehead atoms. The van der Waals surface area contributed by atoms with E-state index in [0.29, 0.717) is 39.8 Å². The molecule has 0 atom stereocenters. The van der Waals surface area contributed by atoms with Crippen molar-refractivity contribution in [3.63, 3.8) is 0 Å². The number of ether oxygens (including phenoxy) is 3. The summed E-state index contributed by atoms with van der Waals surface area (Å²) in [4.78, 5) is 20.9. The number of carbonyl (C=O) groups excluding carboxylic acids is 1. The van der Waals surface area contributed by atoms with Gasteiger partial charge in [-0.15, -0.1) is 0 Å². The minimum Gasteiger partial charge on any atom is -0.486 e. The van der Waals surface area contributed by atoms with Gasteiger partial charge in [0.15, 0.2) is 0 Å². The van der Waals surface area contributed by atoms with Gasteiger partial charge in [0.1, 0.15) is 22.4 Å². The Bertz CT molecular complexity index is 1280. The predicted octanol–water partition coefficient (Wildman–Crippen LogP) is 3.71. The molecule has 0 N–H and O–H groups in total. The van der Waals surface area contributed by atoms with Crippen molar-refractivity contribution < 1.29 is 19.0 Å². The SMILES string of the molecule is CCOC(=O)c1cnn(-c2nc(OC)c3c(cnn3CC(C)(C)Oc3ccc(Cl)cc3)n2)c1. The maximum absolute atomic E-state index is 11.9. The number of nitrogens with zero attached hydrogens (tertiary/aromatic N) is 6. The number of aromatic nitrogens is 6. The maximum Gasteiger partial charge on any atom is 0.341 e. The van der Waals surface area contributed by atoms with Crippen LogP contribution in [-0.2, 0) is 11.3 Å². The van der Waals surface area contributed by atoms with E-state index in [2.05, 4.69) is 20.2 Å². The lowest BCUT2D eigenvalue weighted by molar-refractivity contribution is 0.0526. The Hall–Kier alpha value is -3.66. The van der Waals surface area contributed by atoms with E-state index in [9.17, 15) is 4.79 Å². The molecule has 172 valence electrons. The first-order chi connectivity index (χ1) is 15.8. The highest BCUT2D eigenvalue weighted by Gasteiger charge is 2.25. The molecule has 3 heterocycles. The van der Waals surface area contributed by atoms with Crippen molar-refractivity contribution in [2.75, 3.05) is 13.7 Å².